The number of alkyl halides is 3. The van der Waals surface area contributed by atoms with Gasteiger partial charge >= 0.3 is 6.18 Å². The third kappa shape index (κ3) is 5.31. The van der Waals surface area contributed by atoms with Crippen LogP contribution in [0.25, 0.3) is 10.8 Å². The second kappa shape index (κ2) is 11.2. The molecular weight excluding hydrogens is 541 g/mol. The van der Waals surface area contributed by atoms with Gasteiger partial charge in [-0.05, 0) is 74.4 Å². The summed E-state index contributed by atoms with van der Waals surface area (Å²) >= 11 is 0. The molecule has 2 fully saturated rings. The van der Waals surface area contributed by atoms with Gasteiger partial charge in [0, 0.05) is 80.7 Å². The van der Waals surface area contributed by atoms with Crippen molar-refractivity contribution >= 4 is 16.7 Å². The molecular formula is C33H39F3N4O2. The average Bonchev–Trinajstić information content (AvgIpc) is 3.33. The molecule has 0 spiro atoms. The lowest BCUT2D eigenvalue weighted by atomic mass is 9.86. The molecule has 224 valence electrons. The van der Waals surface area contributed by atoms with E-state index >= 15 is 0 Å². The van der Waals surface area contributed by atoms with Crippen molar-refractivity contribution in [2.75, 3.05) is 39.3 Å². The lowest BCUT2D eigenvalue weighted by molar-refractivity contribution is -0.137. The zero-order valence-electron chi connectivity index (χ0n) is 24.5. The molecule has 3 aromatic rings. The highest BCUT2D eigenvalue weighted by Gasteiger charge is 2.45. The quantitative estimate of drug-likeness (QED) is 0.373. The topological polar surface area (TPSA) is 48.9 Å². The molecule has 9 heteroatoms. The first kappa shape index (κ1) is 29.1. The Morgan fingerprint density at radius 2 is 1.88 bits per heavy atom. The molecule has 1 aliphatic carbocycles. The monoisotopic (exact) mass is 580 g/mol. The predicted octanol–water partition coefficient (Wildman–Crippen LogP) is 5.96. The third-order valence-corrected chi connectivity index (χ3v) is 9.78. The van der Waals surface area contributed by atoms with E-state index in [0.717, 1.165) is 59.9 Å². The molecule has 0 bridgehead atoms. The van der Waals surface area contributed by atoms with Crippen molar-refractivity contribution in [3.63, 3.8) is 0 Å². The molecule has 1 unspecified atom stereocenters. The van der Waals surface area contributed by atoms with Crippen LogP contribution >= 0.6 is 0 Å². The smallest absolute Gasteiger partial charge is 0.376 e. The highest BCUT2D eigenvalue weighted by molar-refractivity contribution is 6.06. The fourth-order valence-corrected chi connectivity index (χ4v) is 7.39. The summed E-state index contributed by atoms with van der Waals surface area (Å²) in [6.07, 6.45) is 1.30. The number of hydrogen-bond donors (Lipinski definition) is 0. The maximum Gasteiger partial charge on any atom is 0.416 e. The summed E-state index contributed by atoms with van der Waals surface area (Å²) in [6.45, 7) is 11.0. The van der Waals surface area contributed by atoms with Crippen molar-refractivity contribution in [1.82, 2.24) is 19.7 Å². The third-order valence-electron chi connectivity index (χ3n) is 9.78. The molecule has 0 radical (unpaired) electrons. The van der Waals surface area contributed by atoms with Gasteiger partial charge in [-0.25, -0.2) is 0 Å². The summed E-state index contributed by atoms with van der Waals surface area (Å²) in [5.41, 5.74) is 1.82. The molecule has 0 N–H and O–H groups in total. The lowest BCUT2D eigenvalue weighted by Gasteiger charge is -2.53. The Morgan fingerprint density at radius 3 is 2.60 bits per heavy atom. The molecule has 6 nitrogen and oxygen atoms in total. The Morgan fingerprint density at radius 1 is 1.10 bits per heavy atom. The van der Waals surface area contributed by atoms with Crippen LogP contribution in [0.5, 0.6) is 0 Å². The zero-order chi connectivity index (χ0) is 29.6. The van der Waals surface area contributed by atoms with Crippen molar-refractivity contribution in [2.45, 2.75) is 69.9 Å². The molecule has 3 atom stereocenters. The number of pyridine rings is 1. The Balaban J connectivity index is 1.13. The number of piperazine rings is 1. The maximum atomic E-state index is 13.5. The Labute approximate surface area is 245 Å². The number of aromatic nitrogens is 1. The van der Waals surface area contributed by atoms with E-state index in [1.54, 1.807) is 18.5 Å². The standard InChI is InChI=1S/C33H39F3N4O2/c1-4-42-29-19-24-18-25(33(34,35)36)8-9-27(24)30(29)40-17-16-39(21-22(40)2)32(3)11-14-38(15-12-32)31(41)28-7-5-6-23-20-37-13-10-26(23)28/h5-10,13,18,20,22,29-30H,4,11-12,14-17,19,21H2,1-3H3/t22?,29-,30+/m0/s1. The largest absolute Gasteiger partial charge is 0.416 e. The summed E-state index contributed by atoms with van der Waals surface area (Å²) in [7, 11) is 0. The normalized spacial score (nSPS) is 25.1. The van der Waals surface area contributed by atoms with Gasteiger partial charge in [-0.3, -0.25) is 19.6 Å². The van der Waals surface area contributed by atoms with Crippen LogP contribution in [-0.4, -0.2) is 82.6 Å². The molecule has 1 amide bonds. The van der Waals surface area contributed by atoms with Gasteiger partial charge in [0.05, 0.1) is 17.7 Å². The van der Waals surface area contributed by atoms with Crippen LogP contribution in [0, 0.1) is 0 Å². The van der Waals surface area contributed by atoms with Crippen LogP contribution in [0.2, 0.25) is 0 Å². The Hall–Kier alpha value is -3.01. The van der Waals surface area contributed by atoms with Crippen molar-refractivity contribution in [3.05, 3.63) is 77.1 Å². The minimum absolute atomic E-state index is 0.0195. The highest BCUT2D eigenvalue weighted by atomic mass is 19.4. The molecule has 3 aliphatic rings. The number of likely N-dealkylation sites (tertiary alicyclic amines) is 1. The molecule has 42 heavy (non-hydrogen) atoms. The summed E-state index contributed by atoms with van der Waals surface area (Å²) in [6, 6.07) is 12.1. The van der Waals surface area contributed by atoms with Crippen LogP contribution in [0.3, 0.4) is 0 Å². The fraction of sp³-hybridized carbons (Fsp3) is 0.515. The van der Waals surface area contributed by atoms with E-state index in [1.165, 1.54) is 12.1 Å². The number of nitrogens with zero attached hydrogens (tertiary/aromatic N) is 4. The average molecular weight is 581 g/mol. The SMILES string of the molecule is CCO[C@H]1Cc2cc(C(F)(F)F)ccc2[C@H]1N1CCN(C2(C)CCN(C(=O)c3cccc4cnccc34)CC2)CC1C. The number of amides is 1. The first-order chi connectivity index (χ1) is 20.1. The van der Waals surface area contributed by atoms with E-state index in [9.17, 15) is 18.0 Å². The van der Waals surface area contributed by atoms with E-state index < -0.39 is 11.7 Å². The number of carbonyl (C=O) groups is 1. The number of rotatable bonds is 5. The first-order valence-electron chi connectivity index (χ1n) is 15.0. The van der Waals surface area contributed by atoms with Gasteiger partial charge < -0.3 is 9.64 Å². The molecule has 3 heterocycles. The van der Waals surface area contributed by atoms with Gasteiger partial charge in [0.1, 0.15) is 0 Å². The number of ether oxygens (including phenoxy) is 1. The summed E-state index contributed by atoms with van der Waals surface area (Å²) in [5.74, 6) is 0.0718. The van der Waals surface area contributed by atoms with Gasteiger partial charge in [0.2, 0.25) is 0 Å². The number of carbonyl (C=O) groups excluding carboxylic acids is 1. The van der Waals surface area contributed by atoms with Gasteiger partial charge in [0.15, 0.2) is 0 Å². The van der Waals surface area contributed by atoms with Crippen molar-refractivity contribution < 1.29 is 22.7 Å². The van der Waals surface area contributed by atoms with E-state index in [1.807, 2.05) is 36.1 Å². The number of piperidine rings is 1. The van der Waals surface area contributed by atoms with E-state index in [-0.39, 0.29) is 29.6 Å². The number of hydrogen-bond acceptors (Lipinski definition) is 5. The van der Waals surface area contributed by atoms with E-state index in [4.69, 9.17) is 4.74 Å². The molecule has 2 aromatic carbocycles. The molecule has 2 saturated heterocycles. The summed E-state index contributed by atoms with van der Waals surface area (Å²) in [5, 5.41) is 1.90. The van der Waals surface area contributed by atoms with Gasteiger partial charge in [-0.2, -0.15) is 13.2 Å². The van der Waals surface area contributed by atoms with Crippen molar-refractivity contribution in [1.29, 1.82) is 0 Å². The van der Waals surface area contributed by atoms with Crippen LogP contribution in [-0.2, 0) is 17.3 Å². The van der Waals surface area contributed by atoms with Gasteiger partial charge in [-0.15, -0.1) is 0 Å². The number of fused-ring (bicyclic) bond motifs is 2. The molecule has 1 aromatic heterocycles. The fourth-order valence-electron chi connectivity index (χ4n) is 7.39. The maximum absolute atomic E-state index is 13.5. The lowest BCUT2D eigenvalue weighted by Crippen LogP contribution is -2.62. The van der Waals surface area contributed by atoms with Gasteiger partial charge in [0.25, 0.3) is 5.91 Å². The van der Waals surface area contributed by atoms with Crippen LogP contribution < -0.4 is 0 Å². The minimum atomic E-state index is -4.35. The second-order valence-corrected chi connectivity index (χ2v) is 12.3. The van der Waals surface area contributed by atoms with E-state index in [0.29, 0.717) is 26.1 Å². The molecule has 0 saturated carbocycles. The van der Waals surface area contributed by atoms with Gasteiger partial charge in [-0.1, -0.05) is 18.2 Å². The first-order valence-corrected chi connectivity index (χ1v) is 15.0. The molecule has 6 rings (SSSR count). The summed E-state index contributed by atoms with van der Waals surface area (Å²) < 4.78 is 46.4. The van der Waals surface area contributed by atoms with Crippen LogP contribution in [0.4, 0.5) is 13.2 Å². The van der Waals surface area contributed by atoms with Crippen molar-refractivity contribution in [3.8, 4) is 0 Å². The van der Waals surface area contributed by atoms with Crippen molar-refractivity contribution in [2.24, 2.45) is 0 Å². The Kier molecular flexibility index (Phi) is 7.79. The van der Waals surface area contributed by atoms with E-state index in [2.05, 4.69) is 28.6 Å². The summed E-state index contributed by atoms with van der Waals surface area (Å²) in [4.78, 5) is 24.7. The minimum Gasteiger partial charge on any atom is -0.376 e. The number of halogens is 3. The second-order valence-electron chi connectivity index (χ2n) is 12.3. The van der Waals surface area contributed by atoms with Crippen LogP contribution in [0.1, 0.15) is 66.7 Å². The van der Waals surface area contributed by atoms with Crippen LogP contribution in [0.15, 0.2) is 54.9 Å². The Bertz CT molecular complexity index is 1450. The molecule has 2 aliphatic heterocycles. The zero-order valence-corrected chi connectivity index (χ0v) is 24.5. The number of benzene rings is 2. The predicted molar refractivity (Wildman–Crippen MR) is 156 cm³/mol. The highest BCUT2D eigenvalue weighted by Crippen LogP contribution is 2.43.